The summed E-state index contributed by atoms with van der Waals surface area (Å²) in [6.45, 7) is 8.34. The van der Waals surface area contributed by atoms with Crippen molar-refractivity contribution in [3.8, 4) is 22.8 Å². The SMILES string of the molecule is Cc1cc(C)c(N2/C(=N/C(=O)Nc3ccc(-c4ncn(-c5ccc(OC(F)(F)F)cc5)n4)cc3)SCC2C)c(C)c1. The molecule has 0 saturated carbocycles. The number of amides is 2. The molecule has 1 fully saturated rings. The first-order valence-corrected chi connectivity index (χ1v) is 13.7. The summed E-state index contributed by atoms with van der Waals surface area (Å²) < 4.78 is 42.5. The van der Waals surface area contributed by atoms with E-state index in [2.05, 4.69) is 69.9 Å². The molecule has 1 atom stereocenters. The number of halogens is 3. The normalized spacial score (nSPS) is 16.3. The molecule has 0 bridgehead atoms. The number of aromatic nitrogens is 3. The molecule has 1 unspecified atom stereocenters. The van der Waals surface area contributed by atoms with Gasteiger partial charge in [-0.15, -0.1) is 18.3 Å². The lowest BCUT2D eigenvalue weighted by Gasteiger charge is -2.27. The van der Waals surface area contributed by atoms with Gasteiger partial charge in [0.15, 0.2) is 11.0 Å². The lowest BCUT2D eigenvalue weighted by molar-refractivity contribution is -0.274. The molecule has 5 rings (SSSR count). The number of thioether (sulfide) groups is 1. The Hall–Kier alpha value is -4.32. The zero-order chi connectivity index (χ0) is 29.3. The maximum absolute atomic E-state index is 12.9. The minimum atomic E-state index is -4.76. The van der Waals surface area contributed by atoms with E-state index in [1.807, 2.05) is 0 Å². The molecule has 2 heterocycles. The van der Waals surface area contributed by atoms with E-state index in [0.717, 1.165) is 22.6 Å². The van der Waals surface area contributed by atoms with Gasteiger partial charge in [0.05, 0.1) is 5.69 Å². The first-order valence-electron chi connectivity index (χ1n) is 12.7. The quantitative estimate of drug-likeness (QED) is 0.267. The molecule has 8 nitrogen and oxygen atoms in total. The number of hydrogen-bond donors (Lipinski definition) is 1. The third-order valence-electron chi connectivity index (χ3n) is 6.40. The standard InChI is InChI=1S/C29H27F3N6O2S/c1-17-13-18(2)25(19(3)14-17)38-20(4)15-41-28(38)35-27(39)34-22-7-5-21(6-8-22)26-33-16-37(36-26)23-9-11-24(12-10-23)40-29(30,31)32/h5-14,16,20H,15H2,1-4H3,(H,34,39)/b35-28-. The fraction of sp³-hybridized carbons (Fsp3) is 0.241. The van der Waals surface area contributed by atoms with Crippen LogP contribution in [0.25, 0.3) is 17.1 Å². The summed E-state index contributed by atoms with van der Waals surface area (Å²) in [5.41, 5.74) is 6.34. The maximum atomic E-state index is 12.9. The van der Waals surface area contributed by atoms with Crippen molar-refractivity contribution in [2.75, 3.05) is 16.0 Å². The number of aliphatic imine (C=N–C) groups is 1. The molecule has 1 aromatic heterocycles. The van der Waals surface area contributed by atoms with E-state index in [4.69, 9.17) is 0 Å². The molecule has 2 amide bonds. The molecule has 0 radical (unpaired) electrons. The predicted octanol–water partition coefficient (Wildman–Crippen LogP) is 7.29. The lowest BCUT2D eigenvalue weighted by atomic mass is 10.0. The summed E-state index contributed by atoms with van der Waals surface area (Å²) in [7, 11) is 0. The number of nitrogens with zero attached hydrogens (tertiary/aromatic N) is 5. The van der Waals surface area contributed by atoms with Gasteiger partial charge in [0.2, 0.25) is 0 Å². The van der Waals surface area contributed by atoms with Crippen LogP contribution in [0, 0.1) is 20.8 Å². The van der Waals surface area contributed by atoms with E-state index in [1.165, 1.54) is 40.8 Å². The molecule has 0 spiro atoms. The van der Waals surface area contributed by atoms with Crippen molar-refractivity contribution in [1.29, 1.82) is 0 Å². The summed E-state index contributed by atoms with van der Waals surface area (Å²) in [5, 5.41) is 7.89. The van der Waals surface area contributed by atoms with Gasteiger partial charge in [0.25, 0.3) is 0 Å². The number of anilines is 2. The van der Waals surface area contributed by atoms with Crippen LogP contribution in [-0.4, -0.2) is 44.1 Å². The molecule has 1 saturated heterocycles. The van der Waals surface area contributed by atoms with Crippen molar-refractivity contribution in [2.24, 2.45) is 4.99 Å². The summed E-state index contributed by atoms with van der Waals surface area (Å²) in [5.74, 6) is 0.923. The first-order chi connectivity index (χ1) is 19.5. The number of urea groups is 1. The summed E-state index contributed by atoms with van der Waals surface area (Å²) >= 11 is 1.56. The fourth-order valence-corrected chi connectivity index (χ4v) is 5.84. The second-order valence-electron chi connectivity index (χ2n) is 9.73. The number of nitrogens with one attached hydrogen (secondary N) is 1. The lowest BCUT2D eigenvalue weighted by Crippen LogP contribution is -2.33. The minimum absolute atomic E-state index is 0.199. The summed E-state index contributed by atoms with van der Waals surface area (Å²) in [4.78, 5) is 23.7. The Morgan fingerprint density at radius 2 is 1.71 bits per heavy atom. The van der Waals surface area contributed by atoms with Crippen molar-refractivity contribution >= 4 is 34.3 Å². The molecule has 1 N–H and O–H groups in total. The molecular formula is C29H27F3N6O2S. The Kier molecular flexibility index (Phi) is 7.76. The first kappa shape index (κ1) is 28.2. The molecular weight excluding hydrogens is 553 g/mol. The molecule has 212 valence electrons. The van der Waals surface area contributed by atoms with Gasteiger partial charge in [-0.1, -0.05) is 29.5 Å². The number of benzene rings is 3. The zero-order valence-corrected chi connectivity index (χ0v) is 23.5. The van der Waals surface area contributed by atoms with Crippen molar-refractivity contribution in [3.63, 3.8) is 0 Å². The monoisotopic (exact) mass is 580 g/mol. The smallest absolute Gasteiger partial charge is 0.406 e. The third kappa shape index (κ3) is 6.54. The van der Waals surface area contributed by atoms with Crippen LogP contribution >= 0.6 is 11.8 Å². The van der Waals surface area contributed by atoms with Crippen LogP contribution in [0.15, 0.2) is 72.0 Å². The molecule has 3 aromatic carbocycles. The average molecular weight is 581 g/mol. The van der Waals surface area contributed by atoms with E-state index in [1.54, 1.807) is 36.0 Å². The van der Waals surface area contributed by atoms with Gasteiger partial charge in [-0.2, -0.15) is 4.99 Å². The number of alkyl halides is 3. The number of carbonyl (C=O) groups excluding carboxylic acids is 1. The number of ether oxygens (including phenoxy) is 1. The van der Waals surface area contributed by atoms with Crippen LogP contribution in [0.1, 0.15) is 23.6 Å². The van der Waals surface area contributed by atoms with Gasteiger partial charge in [0.1, 0.15) is 12.1 Å². The number of rotatable bonds is 5. The highest BCUT2D eigenvalue weighted by Crippen LogP contribution is 2.35. The van der Waals surface area contributed by atoms with E-state index in [-0.39, 0.29) is 11.8 Å². The highest BCUT2D eigenvalue weighted by atomic mass is 32.2. The van der Waals surface area contributed by atoms with Crippen molar-refractivity contribution < 1.29 is 22.7 Å². The number of amidine groups is 1. The Morgan fingerprint density at radius 1 is 1.05 bits per heavy atom. The Labute approximate surface area is 239 Å². The Bertz CT molecular complexity index is 1580. The predicted molar refractivity (Wildman–Crippen MR) is 155 cm³/mol. The summed E-state index contributed by atoms with van der Waals surface area (Å²) in [6.07, 6.45) is -3.29. The van der Waals surface area contributed by atoms with Crippen LogP contribution < -0.4 is 15.0 Å². The molecule has 4 aromatic rings. The highest BCUT2D eigenvalue weighted by Gasteiger charge is 2.32. The van der Waals surface area contributed by atoms with Gasteiger partial charge in [-0.25, -0.2) is 14.5 Å². The second-order valence-corrected chi connectivity index (χ2v) is 10.7. The Balaban J connectivity index is 1.26. The van der Waals surface area contributed by atoms with E-state index < -0.39 is 12.4 Å². The van der Waals surface area contributed by atoms with Crippen LogP contribution in [0.4, 0.5) is 29.3 Å². The van der Waals surface area contributed by atoms with Crippen LogP contribution in [0.5, 0.6) is 5.75 Å². The van der Waals surface area contributed by atoms with E-state index in [0.29, 0.717) is 27.9 Å². The molecule has 12 heteroatoms. The van der Waals surface area contributed by atoms with Gasteiger partial charge >= 0.3 is 12.4 Å². The average Bonchev–Trinajstić information content (AvgIpc) is 3.51. The number of carbonyl (C=O) groups is 1. The van der Waals surface area contributed by atoms with Crippen LogP contribution in [0.3, 0.4) is 0 Å². The third-order valence-corrected chi connectivity index (χ3v) is 7.59. The van der Waals surface area contributed by atoms with Crippen molar-refractivity contribution in [2.45, 2.75) is 40.1 Å². The zero-order valence-electron chi connectivity index (χ0n) is 22.7. The summed E-state index contributed by atoms with van der Waals surface area (Å²) in [6, 6.07) is 16.3. The largest absolute Gasteiger partial charge is 0.573 e. The topological polar surface area (TPSA) is 84.6 Å². The van der Waals surface area contributed by atoms with E-state index >= 15 is 0 Å². The van der Waals surface area contributed by atoms with Crippen LogP contribution in [0.2, 0.25) is 0 Å². The number of hydrogen-bond acceptors (Lipinski definition) is 5. The van der Waals surface area contributed by atoms with Gasteiger partial charge in [0, 0.05) is 28.7 Å². The van der Waals surface area contributed by atoms with Crippen molar-refractivity contribution in [1.82, 2.24) is 14.8 Å². The second kappa shape index (κ2) is 11.3. The van der Waals surface area contributed by atoms with E-state index in [9.17, 15) is 18.0 Å². The minimum Gasteiger partial charge on any atom is -0.406 e. The molecule has 1 aliphatic heterocycles. The molecule has 41 heavy (non-hydrogen) atoms. The Morgan fingerprint density at radius 3 is 2.34 bits per heavy atom. The van der Waals surface area contributed by atoms with Crippen molar-refractivity contribution in [3.05, 3.63) is 83.7 Å². The van der Waals surface area contributed by atoms with Gasteiger partial charge < -0.3 is 15.0 Å². The maximum Gasteiger partial charge on any atom is 0.573 e. The van der Waals surface area contributed by atoms with Gasteiger partial charge in [-0.3, -0.25) is 0 Å². The fourth-order valence-electron chi connectivity index (χ4n) is 4.74. The highest BCUT2D eigenvalue weighted by molar-refractivity contribution is 8.14. The molecule has 0 aliphatic carbocycles. The number of aryl methyl sites for hydroxylation is 3. The molecule has 1 aliphatic rings. The van der Waals surface area contributed by atoms with Gasteiger partial charge in [-0.05, 0) is 87.4 Å². The van der Waals surface area contributed by atoms with Crippen LogP contribution in [-0.2, 0) is 0 Å².